The summed E-state index contributed by atoms with van der Waals surface area (Å²) in [6.45, 7) is 0. The Balaban J connectivity index is 1.67. The highest BCUT2D eigenvalue weighted by Crippen LogP contribution is 2.13. The first-order valence-corrected chi connectivity index (χ1v) is 6.68. The van der Waals surface area contributed by atoms with Crippen LogP contribution < -0.4 is 10.6 Å². The van der Waals surface area contributed by atoms with E-state index in [-0.39, 0.29) is 0 Å². The van der Waals surface area contributed by atoms with Crippen molar-refractivity contribution < 1.29 is 9.59 Å². The predicted octanol–water partition coefficient (Wildman–Crippen LogP) is 2.57. The highest BCUT2D eigenvalue weighted by molar-refractivity contribution is 6.30. The molecule has 7 nitrogen and oxygen atoms in total. The second-order valence-electron chi connectivity index (χ2n) is 4.44. The van der Waals surface area contributed by atoms with Gasteiger partial charge in [0.05, 0.1) is 0 Å². The molecule has 0 aliphatic heterocycles. The lowest BCUT2D eigenvalue weighted by molar-refractivity contribution is 0.0967. The Morgan fingerprint density at radius 2 is 1.73 bits per heavy atom. The first kappa shape index (κ1) is 14.0. The molecule has 2 aromatic carbocycles. The molecule has 0 spiro atoms. The normalized spacial score (nSPS) is 10.4. The molecular weight excluding hydrogens is 306 g/mol. The number of hydrogen-bond acceptors (Lipinski definition) is 4. The molecule has 3 amide bonds. The average Bonchev–Trinajstić information content (AvgIpc) is 2.97. The van der Waals surface area contributed by atoms with Crippen molar-refractivity contribution >= 4 is 40.3 Å². The smallest absolute Gasteiger partial charge is 0.308 e. The SMILES string of the molecule is O=C(NC(=O)c1ccc2n[nH]nc2c1)Nc1ccc(Cl)cc1. The number of urea groups is 1. The molecule has 8 heteroatoms. The lowest BCUT2D eigenvalue weighted by atomic mass is 10.2. The van der Waals surface area contributed by atoms with E-state index in [2.05, 4.69) is 26.0 Å². The number of aromatic amines is 1. The molecule has 0 fully saturated rings. The molecule has 22 heavy (non-hydrogen) atoms. The fraction of sp³-hybridized carbons (Fsp3) is 0. The predicted molar refractivity (Wildman–Crippen MR) is 81.8 cm³/mol. The number of carbonyl (C=O) groups excluding carboxylic acids is 2. The van der Waals surface area contributed by atoms with E-state index in [0.717, 1.165) is 0 Å². The third-order valence-electron chi connectivity index (χ3n) is 2.91. The number of rotatable bonds is 2. The third kappa shape index (κ3) is 3.04. The van der Waals surface area contributed by atoms with Crippen molar-refractivity contribution in [2.24, 2.45) is 0 Å². The number of fused-ring (bicyclic) bond motifs is 1. The van der Waals surface area contributed by atoms with Crippen molar-refractivity contribution in [2.75, 3.05) is 5.32 Å². The van der Waals surface area contributed by atoms with Crippen LogP contribution in [0.4, 0.5) is 10.5 Å². The van der Waals surface area contributed by atoms with Crippen LogP contribution in [-0.2, 0) is 0 Å². The maximum Gasteiger partial charge on any atom is 0.326 e. The summed E-state index contributed by atoms with van der Waals surface area (Å²) in [6, 6.07) is 10.7. The number of hydrogen-bond donors (Lipinski definition) is 3. The summed E-state index contributed by atoms with van der Waals surface area (Å²) in [6.07, 6.45) is 0. The molecule has 0 saturated carbocycles. The molecular formula is C14H10ClN5O2. The standard InChI is InChI=1S/C14H10ClN5O2/c15-9-2-4-10(5-3-9)16-14(22)17-13(21)8-1-6-11-12(7-8)19-20-18-11/h1-7H,(H,18,19,20)(H2,16,17,21,22). The van der Waals surface area contributed by atoms with Crippen molar-refractivity contribution in [3.8, 4) is 0 Å². The zero-order valence-electron chi connectivity index (χ0n) is 11.1. The van der Waals surface area contributed by atoms with E-state index in [9.17, 15) is 9.59 Å². The molecule has 3 aromatic rings. The van der Waals surface area contributed by atoms with Gasteiger partial charge in [-0.3, -0.25) is 10.1 Å². The minimum Gasteiger partial charge on any atom is -0.308 e. The molecule has 3 N–H and O–H groups in total. The molecule has 1 heterocycles. The molecule has 0 atom stereocenters. The van der Waals surface area contributed by atoms with Crippen molar-refractivity contribution in [1.82, 2.24) is 20.7 Å². The Bertz CT molecular complexity index is 844. The van der Waals surface area contributed by atoms with Gasteiger partial charge in [0.1, 0.15) is 11.0 Å². The van der Waals surface area contributed by atoms with Crippen molar-refractivity contribution in [2.45, 2.75) is 0 Å². The van der Waals surface area contributed by atoms with Gasteiger partial charge in [0.25, 0.3) is 5.91 Å². The van der Waals surface area contributed by atoms with Crippen LogP contribution >= 0.6 is 11.6 Å². The van der Waals surface area contributed by atoms with Gasteiger partial charge in [0, 0.05) is 16.3 Å². The molecule has 0 bridgehead atoms. The van der Waals surface area contributed by atoms with E-state index in [1.807, 2.05) is 0 Å². The lowest BCUT2D eigenvalue weighted by Crippen LogP contribution is -2.34. The van der Waals surface area contributed by atoms with Crippen LogP contribution in [0.2, 0.25) is 5.02 Å². The summed E-state index contributed by atoms with van der Waals surface area (Å²) in [5.41, 5.74) is 2.03. The molecule has 110 valence electrons. The second kappa shape index (κ2) is 5.82. The molecule has 0 saturated heterocycles. The van der Waals surface area contributed by atoms with Crippen LogP contribution in [0.25, 0.3) is 11.0 Å². The maximum atomic E-state index is 12.0. The average molecular weight is 316 g/mol. The molecule has 0 aliphatic carbocycles. The number of nitrogens with one attached hydrogen (secondary N) is 3. The molecule has 3 rings (SSSR count). The number of nitrogens with zero attached hydrogens (tertiary/aromatic N) is 2. The number of halogens is 1. The minimum absolute atomic E-state index is 0.313. The van der Waals surface area contributed by atoms with Crippen molar-refractivity contribution in [3.05, 3.63) is 53.1 Å². The Labute approximate surface area is 129 Å². The van der Waals surface area contributed by atoms with Gasteiger partial charge in [-0.2, -0.15) is 15.4 Å². The Kier molecular flexibility index (Phi) is 3.71. The number of carbonyl (C=O) groups is 2. The summed E-state index contributed by atoms with van der Waals surface area (Å²) in [5.74, 6) is -0.531. The van der Waals surface area contributed by atoms with Gasteiger partial charge in [-0.25, -0.2) is 4.79 Å². The highest BCUT2D eigenvalue weighted by Gasteiger charge is 2.12. The van der Waals surface area contributed by atoms with Crippen LogP contribution in [0, 0.1) is 0 Å². The Morgan fingerprint density at radius 3 is 2.50 bits per heavy atom. The molecule has 0 aliphatic rings. The summed E-state index contributed by atoms with van der Waals surface area (Å²) < 4.78 is 0. The zero-order valence-corrected chi connectivity index (χ0v) is 11.9. The van der Waals surface area contributed by atoms with Crippen LogP contribution in [0.5, 0.6) is 0 Å². The first-order valence-electron chi connectivity index (χ1n) is 6.30. The van der Waals surface area contributed by atoms with Crippen LogP contribution in [-0.4, -0.2) is 27.3 Å². The third-order valence-corrected chi connectivity index (χ3v) is 3.16. The first-order chi connectivity index (χ1) is 10.6. The summed E-state index contributed by atoms with van der Waals surface area (Å²) in [4.78, 5) is 23.8. The number of aromatic nitrogens is 3. The van der Waals surface area contributed by atoms with Gasteiger partial charge >= 0.3 is 6.03 Å². The Morgan fingerprint density at radius 1 is 1.00 bits per heavy atom. The number of benzene rings is 2. The van der Waals surface area contributed by atoms with Gasteiger partial charge in [0.15, 0.2) is 0 Å². The van der Waals surface area contributed by atoms with Gasteiger partial charge in [-0.15, -0.1) is 0 Å². The fourth-order valence-electron chi connectivity index (χ4n) is 1.85. The van der Waals surface area contributed by atoms with Crippen molar-refractivity contribution in [3.63, 3.8) is 0 Å². The maximum absolute atomic E-state index is 12.0. The number of H-pyrrole nitrogens is 1. The number of amides is 3. The van der Waals surface area contributed by atoms with Gasteiger partial charge in [0.2, 0.25) is 0 Å². The van der Waals surface area contributed by atoms with E-state index < -0.39 is 11.9 Å². The van der Waals surface area contributed by atoms with Gasteiger partial charge in [-0.05, 0) is 42.5 Å². The largest absolute Gasteiger partial charge is 0.326 e. The van der Waals surface area contributed by atoms with Gasteiger partial charge < -0.3 is 5.32 Å². The van der Waals surface area contributed by atoms with E-state index in [1.54, 1.807) is 42.5 Å². The van der Waals surface area contributed by atoms with E-state index in [4.69, 9.17) is 11.6 Å². The topological polar surface area (TPSA) is 99.8 Å². The quantitative estimate of drug-likeness (QED) is 0.676. The lowest BCUT2D eigenvalue weighted by Gasteiger charge is -2.06. The van der Waals surface area contributed by atoms with Crippen LogP contribution in [0.1, 0.15) is 10.4 Å². The van der Waals surface area contributed by atoms with Crippen molar-refractivity contribution in [1.29, 1.82) is 0 Å². The second-order valence-corrected chi connectivity index (χ2v) is 4.88. The monoisotopic (exact) mass is 315 g/mol. The van der Waals surface area contributed by atoms with Gasteiger partial charge in [-0.1, -0.05) is 11.6 Å². The summed E-state index contributed by atoms with van der Waals surface area (Å²) in [5, 5.41) is 15.6. The summed E-state index contributed by atoms with van der Waals surface area (Å²) in [7, 11) is 0. The van der Waals surface area contributed by atoms with Crippen LogP contribution in [0.3, 0.4) is 0 Å². The molecule has 1 aromatic heterocycles. The number of imide groups is 1. The summed E-state index contributed by atoms with van der Waals surface area (Å²) >= 11 is 5.75. The molecule has 0 unspecified atom stereocenters. The van der Waals surface area contributed by atoms with E-state index in [1.165, 1.54) is 0 Å². The van der Waals surface area contributed by atoms with E-state index >= 15 is 0 Å². The molecule has 0 radical (unpaired) electrons. The van der Waals surface area contributed by atoms with Crippen LogP contribution in [0.15, 0.2) is 42.5 Å². The van der Waals surface area contributed by atoms with E-state index in [0.29, 0.717) is 27.3 Å². The Hall–Kier alpha value is -2.93. The fourth-order valence-corrected chi connectivity index (χ4v) is 1.98. The number of anilines is 1. The highest BCUT2D eigenvalue weighted by atomic mass is 35.5. The zero-order chi connectivity index (χ0) is 15.5. The minimum atomic E-state index is -0.632.